The van der Waals surface area contributed by atoms with Crippen molar-refractivity contribution in [3.05, 3.63) is 0 Å². The van der Waals surface area contributed by atoms with Gasteiger partial charge in [0, 0.05) is 0 Å². The average molecular weight is 184 g/mol. The number of carboxylic acids is 1. The van der Waals surface area contributed by atoms with Gasteiger partial charge in [-0.15, -0.1) is 0 Å². The van der Waals surface area contributed by atoms with Crippen LogP contribution in [-0.2, 0) is 18.7 Å². The molecule has 0 radical (unpaired) electrons. The van der Waals surface area contributed by atoms with Crippen LogP contribution in [0.3, 0.4) is 0 Å². The molecule has 0 unspecified atom stereocenters. The van der Waals surface area contributed by atoms with Gasteiger partial charge in [0.2, 0.25) is 6.10 Å². The second-order valence-electron chi connectivity index (χ2n) is 1.49. The Morgan fingerprint density at radius 1 is 1.55 bits per heavy atom. The topological polar surface area (TPSA) is 121 Å². The molecule has 0 aromatic carbocycles. The zero-order valence-corrected chi connectivity index (χ0v) is 5.97. The van der Waals surface area contributed by atoms with Crippen molar-refractivity contribution in [2.45, 2.75) is 6.10 Å². The van der Waals surface area contributed by atoms with Crippen LogP contribution in [0.4, 0.5) is 0 Å². The monoisotopic (exact) mass is 184 g/mol. The lowest BCUT2D eigenvalue weighted by molar-refractivity contribution is -0.148. The summed E-state index contributed by atoms with van der Waals surface area (Å²) in [5, 5.41) is 8.04. The van der Waals surface area contributed by atoms with Crippen molar-refractivity contribution in [2.75, 3.05) is 0 Å². The van der Waals surface area contributed by atoms with Crippen molar-refractivity contribution in [2.24, 2.45) is 0 Å². The van der Waals surface area contributed by atoms with Crippen LogP contribution in [0.5, 0.6) is 0 Å². The van der Waals surface area contributed by atoms with E-state index in [1.165, 1.54) is 0 Å². The number of phosphoric ester groups is 1. The summed E-state index contributed by atoms with van der Waals surface area (Å²) in [5.41, 5.74) is 0. The molecule has 0 aliphatic carbocycles. The molecule has 0 amide bonds. The summed E-state index contributed by atoms with van der Waals surface area (Å²) in [7, 11) is -4.90. The number of aldehydes is 1. The Morgan fingerprint density at radius 2 is 2.00 bits per heavy atom. The van der Waals surface area contributed by atoms with Crippen molar-refractivity contribution in [1.29, 1.82) is 0 Å². The number of carboxylic acid groups (broad SMARTS) is 1. The van der Waals surface area contributed by atoms with E-state index in [1.807, 2.05) is 0 Å². The number of rotatable bonds is 4. The fourth-order valence-electron chi connectivity index (χ4n) is 0.276. The molecule has 1 atom stereocenters. The molecule has 0 spiro atoms. The van der Waals surface area contributed by atoms with Crippen LogP contribution in [0.2, 0.25) is 0 Å². The number of aliphatic carboxylic acids is 1. The lowest BCUT2D eigenvalue weighted by Gasteiger charge is -2.06. The van der Waals surface area contributed by atoms with Gasteiger partial charge in [0.25, 0.3) is 0 Å². The van der Waals surface area contributed by atoms with E-state index in [0.29, 0.717) is 0 Å². The molecule has 0 aromatic heterocycles. The first-order chi connectivity index (χ1) is 4.87. The van der Waals surface area contributed by atoms with Gasteiger partial charge >= 0.3 is 13.8 Å². The summed E-state index contributed by atoms with van der Waals surface area (Å²) < 4.78 is 13.5. The van der Waals surface area contributed by atoms with Gasteiger partial charge in [-0.3, -0.25) is 9.32 Å². The number of phosphoric acid groups is 1. The molecule has 0 fully saturated rings. The molecule has 0 aromatic rings. The maximum atomic E-state index is 9.96. The highest BCUT2D eigenvalue weighted by Gasteiger charge is 2.27. The Hall–Kier alpha value is -0.750. The molecular formula is C3H5O7P. The van der Waals surface area contributed by atoms with Gasteiger partial charge in [-0.2, -0.15) is 0 Å². The standard InChI is InChI=1S/C3H5O7P/c4-1-2(3(5)6)10-11(7,8)9/h1-2H,(H,5,6)(H2,7,8,9)/t2-/m1/s1. The number of hydrogen-bond donors (Lipinski definition) is 3. The molecule has 8 heteroatoms. The van der Waals surface area contributed by atoms with E-state index in [1.54, 1.807) is 0 Å². The summed E-state index contributed by atoms with van der Waals surface area (Å²) in [6.07, 6.45) is -2.34. The van der Waals surface area contributed by atoms with E-state index in [4.69, 9.17) is 14.9 Å². The normalized spacial score (nSPS) is 14.0. The van der Waals surface area contributed by atoms with Crippen LogP contribution >= 0.6 is 7.82 Å². The van der Waals surface area contributed by atoms with Gasteiger partial charge in [-0.25, -0.2) is 9.36 Å². The average Bonchev–Trinajstić information content (AvgIpc) is 1.80. The fraction of sp³-hybridized carbons (Fsp3) is 0.333. The van der Waals surface area contributed by atoms with Crippen molar-refractivity contribution in [3.8, 4) is 0 Å². The minimum Gasteiger partial charge on any atom is -0.479 e. The van der Waals surface area contributed by atoms with Crippen LogP contribution in [-0.4, -0.2) is 33.3 Å². The predicted molar refractivity (Wildman–Crippen MR) is 30.6 cm³/mol. The van der Waals surface area contributed by atoms with E-state index in [-0.39, 0.29) is 6.29 Å². The van der Waals surface area contributed by atoms with E-state index in [2.05, 4.69) is 4.52 Å². The smallest absolute Gasteiger partial charge is 0.470 e. The third-order valence-corrected chi connectivity index (χ3v) is 1.12. The van der Waals surface area contributed by atoms with E-state index in [0.717, 1.165) is 0 Å². The first-order valence-corrected chi connectivity index (χ1v) is 3.82. The maximum Gasteiger partial charge on any atom is 0.470 e. The molecule has 0 saturated carbocycles. The van der Waals surface area contributed by atoms with E-state index in [9.17, 15) is 14.2 Å². The molecule has 0 saturated heterocycles. The molecule has 7 nitrogen and oxygen atoms in total. The number of hydrogen-bond acceptors (Lipinski definition) is 4. The summed E-state index contributed by atoms with van der Waals surface area (Å²) in [4.78, 5) is 35.8. The third kappa shape index (κ3) is 4.63. The van der Waals surface area contributed by atoms with Gasteiger partial charge in [0.05, 0.1) is 0 Å². The number of carbonyl (C=O) groups is 2. The Balaban J connectivity index is 4.21. The van der Waals surface area contributed by atoms with Crippen LogP contribution in [0.1, 0.15) is 0 Å². The minimum atomic E-state index is -4.90. The van der Waals surface area contributed by atoms with Gasteiger partial charge in [0.15, 0.2) is 6.29 Å². The molecule has 64 valence electrons. The Labute approximate surface area is 60.8 Å². The zero-order valence-electron chi connectivity index (χ0n) is 5.08. The third-order valence-electron chi connectivity index (χ3n) is 0.618. The van der Waals surface area contributed by atoms with Crippen molar-refractivity contribution >= 4 is 20.1 Å². The molecule has 0 aliphatic heterocycles. The molecule has 0 bridgehead atoms. The summed E-state index contributed by atoms with van der Waals surface area (Å²) in [6.45, 7) is 0. The first-order valence-electron chi connectivity index (χ1n) is 2.29. The van der Waals surface area contributed by atoms with Crippen molar-refractivity contribution in [1.82, 2.24) is 0 Å². The minimum absolute atomic E-state index is 0.221. The van der Waals surface area contributed by atoms with Crippen molar-refractivity contribution in [3.63, 3.8) is 0 Å². The molecule has 0 rings (SSSR count). The Bertz CT molecular complexity index is 204. The predicted octanol–water partition coefficient (Wildman–Crippen LogP) is -1.25. The second kappa shape index (κ2) is 3.59. The molecule has 0 aliphatic rings. The van der Waals surface area contributed by atoms with Gasteiger partial charge < -0.3 is 14.9 Å². The van der Waals surface area contributed by atoms with Crippen LogP contribution < -0.4 is 0 Å². The largest absolute Gasteiger partial charge is 0.479 e. The lowest BCUT2D eigenvalue weighted by Crippen LogP contribution is -2.23. The van der Waals surface area contributed by atoms with Crippen LogP contribution in [0.25, 0.3) is 0 Å². The van der Waals surface area contributed by atoms with Crippen LogP contribution in [0.15, 0.2) is 0 Å². The van der Waals surface area contributed by atoms with Gasteiger partial charge in [-0.1, -0.05) is 0 Å². The summed E-state index contributed by atoms with van der Waals surface area (Å²) in [6, 6.07) is 0. The highest BCUT2D eigenvalue weighted by molar-refractivity contribution is 7.46. The Kier molecular flexibility index (Phi) is 3.34. The molecule has 11 heavy (non-hydrogen) atoms. The number of carbonyl (C=O) groups excluding carboxylic acids is 1. The summed E-state index contributed by atoms with van der Waals surface area (Å²) in [5.74, 6) is -1.75. The molecular weight excluding hydrogens is 179 g/mol. The molecule has 3 N–H and O–H groups in total. The van der Waals surface area contributed by atoms with Gasteiger partial charge in [-0.05, 0) is 0 Å². The first kappa shape index (κ1) is 10.2. The second-order valence-corrected chi connectivity index (χ2v) is 2.68. The van der Waals surface area contributed by atoms with Crippen molar-refractivity contribution < 1.29 is 33.6 Å². The quantitative estimate of drug-likeness (QED) is 0.283. The highest BCUT2D eigenvalue weighted by Crippen LogP contribution is 2.37. The summed E-state index contributed by atoms with van der Waals surface area (Å²) >= 11 is 0. The molecule has 0 heterocycles. The highest BCUT2D eigenvalue weighted by atomic mass is 31.2. The fourth-order valence-corrected chi connectivity index (χ4v) is 0.712. The van der Waals surface area contributed by atoms with E-state index < -0.39 is 19.9 Å². The zero-order chi connectivity index (χ0) is 9.07. The van der Waals surface area contributed by atoms with Crippen LogP contribution in [0, 0.1) is 0 Å². The van der Waals surface area contributed by atoms with E-state index >= 15 is 0 Å². The maximum absolute atomic E-state index is 9.96. The Morgan fingerprint density at radius 3 is 2.09 bits per heavy atom. The SMILES string of the molecule is O=C[C@@H](OP(=O)(O)O)C(=O)O. The van der Waals surface area contributed by atoms with Gasteiger partial charge in [0.1, 0.15) is 0 Å². The lowest BCUT2D eigenvalue weighted by atomic mass is 10.4.